The van der Waals surface area contributed by atoms with Gasteiger partial charge in [-0.1, -0.05) is 47.0 Å². The molecule has 0 heterocycles. The molecule has 0 spiro atoms. The van der Waals surface area contributed by atoms with Crippen molar-refractivity contribution in [3.05, 3.63) is 42.7 Å². The van der Waals surface area contributed by atoms with Crippen molar-refractivity contribution >= 4 is 27.8 Å². The number of hydrogen-bond acceptors (Lipinski definition) is 4. The van der Waals surface area contributed by atoms with Crippen LogP contribution in [0, 0.1) is 0 Å². The molecule has 1 aromatic rings. The molecule has 4 nitrogen and oxygen atoms in total. The van der Waals surface area contributed by atoms with Crippen molar-refractivity contribution in [3.63, 3.8) is 0 Å². The van der Waals surface area contributed by atoms with E-state index in [0.717, 1.165) is 24.1 Å². The van der Waals surface area contributed by atoms with Crippen molar-refractivity contribution in [1.82, 2.24) is 10.2 Å². The smallest absolute Gasteiger partial charge is 0.0590 e. The lowest BCUT2D eigenvalue weighted by molar-refractivity contribution is 0.522. The largest absolute Gasteiger partial charge is 0.390 e. The zero-order valence-corrected chi connectivity index (χ0v) is 15.9. The van der Waals surface area contributed by atoms with Crippen LogP contribution in [0.2, 0.25) is 0 Å². The van der Waals surface area contributed by atoms with Gasteiger partial charge in [-0.3, -0.25) is 5.01 Å². The minimum Gasteiger partial charge on any atom is -0.390 e. The minimum atomic E-state index is 0.778. The van der Waals surface area contributed by atoms with E-state index in [0.29, 0.717) is 0 Å². The molecule has 0 aliphatic rings. The zero-order chi connectivity index (χ0) is 16.8. The third-order valence-corrected chi connectivity index (χ3v) is 3.97. The summed E-state index contributed by atoms with van der Waals surface area (Å²) in [6, 6.07) is 10.1. The molecule has 0 aliphatic carbocycles. The molecule has 0 unspecified atom stereocenters. The second-order valence-corrected chi connectivity index (χ2v) is 6.26. The van der Waals surface area contributed by atoms with E-state index < -0.39 is 0 Å². The van der Waals surface area contributed by atoms with Crippen molar-refractivity contribution < 1.29 is 0 Å². The van der Waals surface area contributed by atoms with Crippen LogP contribution in [0.25, 0.3) is 0 Å². The fourth-order valence-electron chi connectivity index (χ4n) is 2.00. The summed E-state index contributed by atoms with van der Waals surface area (Å²) in [5, 5.41) is 10.8. The average Bonchev–Trinajstić information content (AvgIpc) is 2.58. The standard InChI is InChI=1S/C18H29BrN4/c1-22(16-14-20-13-9-4-3-8-12-19)17-15-21-23(2)18-10-6-5-7-11-18/h5-7,10-11,14-16,20H,3-4,8-9,12-13,17H2,1-2H3/b16-14-,21-15+. The molecule has 0 aromatic heterocycles. The van der Waals surface area contributed by atoms with Gasteiger partial charge in [0.25, 0.3) is 0 Å². The van der Waals surface area contributed by atoms with Gasteiger partial charge in [-0.25, -0.2) is 0 Å². The van der Waals surface area contributed by atoms with Crippen molar-refractivity contribution in [2.75, 3.05) is 37.5 Å². The van der Waals surface area contributed by atoms with Crippen molar-refractivity contribution in [1.29, 1.82) is 0 Å². The molecular weight excluding hydrogens is 352 g/mol. The first kappa shape index (κ1) is 19.6. The number of hydrazone groups is 1. The van der Waals surface area contributed by atoms with E-state index in [1.807, 2.05) is 68.1 Å². The lowest BCUT2D eigenvalue weighted by atomic mass is 10.2. The molecular formula is C18H29BrN4. The van der Waals surface area contributed by atoms with Crippen LogP contribution >= 0.6 is 15.9 Å². The topological polar surface area (TPSA) is 30.9 Å². The first-order valence-electron chi connectivity index (χ1n) is 8.21. The highest BCUT2D eigenvalue weighted by atomic mass is 79.9. The second-order valence-electron chi connectivity index (χ2n) is 5.47. The first-order chi connectivity index (χ1) is 11.2. The number of anilines is 1. The molecule has 1 rings (SSSR count). The summed E-state index contributed by atoms with van der Waals surface area (Å²) in [6.07, 6.45) is 11.1. The Morgan fingerprint density at radius 2 is 1.83 bits per heavy atom. The summed E-state index contributed by atoms with van der Waals surface area (Å²) in [5.41, 5.74) is 1.09. The van der Waals surface area contributed by atoms with E-state index in [-0.39, 0.29) is 0 Å². The van der Waals surface area contributed by atoms with Crippen LogP contribution in [-0.4, -0.2) is 43.6 Å². The molecule has 0 radical (unpaired) electrons. The highest BCUT2D eigenvalue weighted by Gasteiger charge is 1.95. The molecule has 23 heavy (non-hydrogen) atoms. The molecule has 0 bridgehead atoms. The lowest BCUT2D eigenvalue weighted by Crippen LogP contribution is -2.17. The van der Waals surface area contributed by atoms with Gasteiger partial charge in [0.1, 0.15) is 0 Å². The zero-order valence-electron chi connectivity index (χ0n) is 14.3. The third kappa shape index (κ3) is 10.00. The Morgan fingerprint density at radius 3 is 2.57 bits per heavy atom. The summed E-state index contributed by atoms with van der Waals surface area (Å²) in [5.74, 6) is 0. The number of hydrogen-bond donors (Lipinski definition) is 1. The molecule has 128 valence electrons. The van der Waals surface area contributed by atoms with Crippen LogP contribution in [0.15, 0.2) is 47.8 Å². The molecule has 0 amide bonds. The van der Waals surface area contributed by atoms with Crippen LogP contribution in [-0.2, 0) is 0 Å². The Morgan fingerprint density at radius 1 is 1.09 bits per heavy atom. The number of halogens is 1. The Kier molecular flexibility index (Phi) is 11.0. The average molecular weight is 381 g/mol. The van der Waals surface area contributed by atoms with E-state index in [9.17, 15) is 0 Å². The quantitative estimate of drug-likeness (QED) is 0.256. The summed E-state index contributed by atoms with van der Waals surface area (Å²) in [4.78, 5) is 2.10. The van der Waals surface area contributed by atoms with Crippen molar-refractivity contribution in [2.45, 2.75) is 25.7 Å². The fourth-order valence-corrected chi connectivity index (χ4v) is 2.39. The second kappa shape index (κ2) is 13.0. The van der Waals surface area contributed by atoms with Crippen LogP contribution in [0.4, 0.5) is 5.69 Å². The van der Waals surface area contributed by atoms with E-state index in [1.165, 1.54) is 25.7 Å². The Labute approximate surface area is 149 Å². The van der Waals surface area contributed by atoms with Crippen molar-refractivity contribution in [3.8, 4) is 0 Å². The molecule has 5 heteroatoms. The molecule has 0 saturated carbocycles. The van der Waals surface area contributed by atoms with E-state index >= 15 is 0 Å². The number of nitrogens with one attached hydrogen (secondary N) is 1. The number of benzene rings is 1. The molecule has 1 N–H and O–H groups in total. The summed E-state index contributed by atoms with van der Waals surface area (Å²) >= 11 is 3.46. The van der Waals surface area contributed by atoms with E-state index in [2.05, 4.69) is 31.2 Å². The van der Waals surface area contributed by atoms with Gasteiger partial charge in [0.2, 0.25) is 0 Å². The molecule has 0 saturated heterocycles. The van der Waals surface area contributed by atoms with E-state index in [4.69, 9.17) is 0 Å². The van der Waals surface area contributed by atoms with Crippen LogP contribution in [0.3, 0.4) is 0 Å². The summed E-state index contributed by atoms with van der Waals surface area (Å²) < 4.78 is 0. The molecule has 1 aromatic carbocycles. The van der Waals surface area contributed by atoms with Crippen LogP contribution in [0.1, 0.15) is 25.7 Å². The minimum absolute atomic E-state index is 0.778. The van der Waals surface area contributed by atoms with Crippen LogP contribution in [0.5, 0.6) is 0 Å². The van der Waals surface area contributed by atoms with Gasteiger partial charge in [0.15, 0.2) is 0 Å². The normalized spacial score (nSPS) is 11.3. The van der Waals surface area contributed by atoms with Gasteiger partial charge < -0.3 is 10.2 Å². The SMILES string of the molecule is CN(/C=C\NCCCCCCBr)C/C=N/N(C)c1ccccc1. The molecule has 0 aliphatic heterocycles. The molecule has 0 fully saturated rings. The number of unbranched alkanes of at least 4 members (excludes halogenated alkanes) is 3. The highest BCUT2D eigenvalue weighted by Crippen LogP contribution is 2.10. The number of para-hydroxylation sites is 1. The third-order valence-electron chi connectivity index (χ3n) is 3.41. The summed E-state index contributed by atoms with van der Waals surface area (Å²) in [7, 11) is 4.00. The van der Waals surface area contributed by atoms with Gasteiger partial charge in [0.05, 0.1) is 12.2 Å². The van der Waals surface area contributed by atoms with Gasteiger partial charge in [-0.2, -0.15) is 5.10 Å². The fraction of sp³-hybridized carbons (Fsp3) is 0.500. The maximum atomic E-state index is 4.43. The predicted molar refractivity (Wildman–Crippen MR) is 105 cm³/mol. The van der Waals surface area contributed by atoms with Crippen LogP contribution < -0.4 is 10.3 Å². The van der Waals surface area contributed by atoms with Gasteiger partial charge >= 0.3 is 0 Å². The monoisotopic (exact) mass is 380 g/mol. The van der Waals surface area contributed by atoms with Gasteiger partial charge in [-0.05, 0) is 25.0 Å². The van der Waals surface area contributed by atoms with Gasteiger partial charge in [-0.15, -0.1) is 0 Å². The van der Waals surface area contributed by atoms with Crippen molar-refractivity contribution in [2.24, 2.45) is 5.10 Å². The molecule has 0 atom stereocenters. The first-order valence-corrected chi connectivity index (χ1v) is 9.33. The Balaban J connectivity index is 2.12. The Bertz CT molecular complexity index is 448. The summed E-state index contributed by atoms with van der Waals surface area (Å²) in [6.45, 7) is 1.82. The number of rotatable bonds is 12. The number of alkyl halides is 1. The highest BCUT2D eigenvalue weighted by molar-refractivity contribution is 9.09. The predicted octanol–water partition coefficient (Wildman–Crippen LogP) is 4.06. The lowest BCUT2D eigenvalue weighted by Gasteiger charge is -2.14. The number of nitrogens with zero attached hydrogens (tertiary/aromatic N) is 3. The Hall–Kier alpha value is -1.49. The maximum Gasteiger partial charge on any atom is 0.0590 e. The van der Waals surface area contributed by atoms with E-state index in [1.54, 1.807) is 0 Å². The van der Waals surface area contributed by atoms with Gasteiger partial charge in [0, 0.05) is 44.6 Å². The maximum absolute atomic E-state index is 4.43.